The zero-order valence-electron chi connectivity index (χ0n) is 13.0. The van der Waals surface area contributed by atoms with Crippen molar-refractivity contribution in [3.8, 4) is 11.1 Å². The second kappa shape index (κ2) is 7.19. The first-order chi connectivity index (χ1) is 11.4. The van der Waals surface area contributed by atoms with Crippen molar-refractivity contribution in [3.05, 3.63) is 69.8 Å². The second-order valence-electron chi connectivity index (χ2n) is 5.06. The molecule has 1 amide bonds. The van der Waals surface area contributed by atoms with Crippen LogP contribution < -0.4 is 11.5 Å². The Morgan fingerprint density at radius 2 is 1.75 bits per heavy atom. The summed E-state index contributed by atoms with van der Waals surface area (Å²) in [5.74, 6) is -0.815. The third-order valence-corrected chi connectivity index (χ3v) is 3.29. The summed E-state index contributed by atoms with van der Waals surface area (Å²) in [6.07, 6.45) is 1.67. The smallest absolute Gasteiger partial charge is 0.275 e. The molecule has 0 unspecified atom stereocenters. The molecule has 0 saturated carbocycles. The van der Waals surface area contributed by atoms with Crippen LogP contribution >= 0.6 is 0 Å². The van der Waals surface area contributed by atoms with Gasteiger partial charge in [-0.05, 0) is 41.8 Å². The summed E-state index contributed by atoms with van der Waals surface area (Å²) in [4.78, 5) is 25.6. The molecule has 24 heavy (non-hydrogen) atoms. The number of amides is 1. The summed E-state index contributed by atoms with van der Waals surface area (Å²) in [6.45, 7) is 1.61. The number of non-ortho nitro benzene ring substituents is 1. The standard InChI is InChI=1S/C17H16N4O3/c1-11(16(22)20-17(18)19)10-13-4-2-3-5-15(13)12-6-8-14(9-7-12)21(23)24/h2-10H,1H3,(H4,18,19,20,22). The Morgan fingerprint density at radius 3 is 2.33 bits per heavy atom. The first-order valence-corrected chi connectivity index (χ1v) is 7.04. The molecule has 0 heterocycles. The fourth-order valence-corrected chi connectivity index (χ4v) is 2.15. The lowest BCUT2D eigenvalue weighted by Gasteiger charge is -2.07. The maximum Gasteiger partial charge on any atom is 0.275 e. The van der Waals surface area contributed by atoms with Gasteiger partial charge in [-0.3, -0.25) is 14.9 Å². The number of aliphatic imine (C=N–C) groups is 1. The van der Waals surface area contributed by atoms with E-state index in [0.717, 1.165) is 16.7 Å². The summed E-state index contributed by atoms with van der Waals surface area (Å²) >= 11 is 0. The van der Waals surface area contributed by atoms with Gasteiger partial charge in [0.25, 0.3) is 11.6 Å². The highest BCUT2D eigenvalue weighted by Crippen LogP contribution is 2.27. The van der Waals surface area contributed by atoms with Crippen LogP contribution in [-0.2, 0) is 4.79 Å². The van der Waals surface area contributed by atoms with E-state index in [2.05, 4.69) is 4.99 Å². The van der Waals surface area contributed by atoms with E-state index in [9.17, 15) is 14.9 Å². The zero-order chi connectivity index (χ0) is 17.7. The molecule has 7 nitrogen and oxygen atoms in total. The average Bonchev–Trinajstić information content (AvgIpc) is 2.54. The van der Waals surface area contributed by atoms with Crippen LogP contribution in [0.2, 0.25) is 0 Å². The molecule has 2 rings (SSSR count). The van der Waals surface area contributed by atoms with Gasteiger partial charge < -0.3 is 11.5 Å². The zero-order valence-corrected chi connectivity index (χ0v) is 13.0. The Hall–Kier alpha value is -3.48. The monoisotopic (exact) mass is 324 g/mol. The number of nitrogens with two attached hydrogens (primary N) is 2. The van der Waals surface area contributed by atoms with Crippen LogP contribution in [0.5, 0.6) is 0 Å². The summed E-state index contributed by atoms with van der Waals surface area (Å²) < 4.78 is 0. The number of carbonyl (C=O) groups excluding carboxylic acids is 1. The number of guanidine groups is 1. The van der Waals surface area contributed by atoms with Crippen LogP contribution in [0.15, 0.2) is 59.1 Å². The van der Waals surface area contributed by atoms with E-state index in [1.165, 1.54) is 12.1 Å². The van der Waals surface area contributed by atoms with Gasteiger partial charge in [0.2, 0.25) is 0 Å². The van der Waals surface area contributed by atoms with Gasteiger partial charge in [-0.1, -0.05) is 24.3 Å². The van der Waals surface area contributed by atoms with E-state index in [1.807, 2.05) is 24.3 Å². The molecule has 122 valence electrons. The van der Waals surface area contributed by atoms with Crippen LogP contribution in [0.3, 0.4) is 0 Å². The van der Waals surface area contributed by atoms with Gasteiger partial charge in [0.05, 0.1) is 4.92 Å². The Morgan fingerprint density at radius 1 is 1.12 bits per heavy atom. The van der Waals surface area contributed by atoms with Crippen molar-refractivity contribution in [1.82, 2.24) is 0 Å². The molecule has 0 aromatic heterocycles. The minimum atomic E-state index is -0.520. The number of hydrogen-bond donors (Lipinski definition) is 2. The SMILES string of the molecule is CC(=Cc1ccccc1-c1ccc([N+](=O)[O-])cc1)C(=O)N=C(N)N. The highest BCUT2D eigenvalue weighted by molar-refractivity contribution is 6.04. The van der Waals surface area contributed by atoms with Gasteiger partial charge >= 0.3 is 0 Å². The summed E-state index contributed by atoms with van der Waals surface area (Å²) in [5, 5.41) is 10.7. The number of carbonyl (C=O) groups is 1. The molecular formula is C17H16N4O3. The molecule has 2 aromatic carbocycles. The summed E-state index contributed by atoms with van der Waals surface area (Å²) in [6, 6.07) is 13.6. The highest BCUT2D eigenvalue weighted by atomic mass is 16.6. The fraction of sp³-hybridized carbons (Fsp3) is 0.0588. The summed E-state index contributed by atoms with van der Waals surface area (Å²) in [7, 11) is 0. The van der Waals surface area contributed by atoms with Crippen molar-refractivity contribution in [2.75, 3.05) is 0 Å². The molecule has 0 aliphatic rings. The summed E-state index contributed by atoms with van der Waals surface area (Å²) in [5.41, 5.74) is 13.2. The predicted molar refractivity (Wildman–Crippen MR) is 93.0 cm³/mol. The van der Waals surface area contributed by atoms with Crippen molar-refractivity contribution in [3.63, 3.8) is 0 Å². The maximum absolute atomic E-state index is 11.8. The van der Waals surface area contributed by atoms with Crippen molar-refractivity contribution in [2.45, 2.75) is 6.92 Å². The quantitative estimate of drug-likeness (QED) is 0.294. The first kappa shape index (κ1) is 16.9. The van der Waals surface area contributed by atoms with Crippen LogP contribution in [0.1, 0.15) is 12.5 Å². The molecule has 0 fully saturated rings. The van der Waals surface area contributed by atoms with E-state index in [0.29, 0.717) is 5.57 Å². The number of nitro benzene ring substituents is 1. The molecule has 0 atom stereocenters. The predicted octanol–water partition coefficient (Wildman–Crippen LogP) is 2.47. The van der Waals surface area contributed by atoms with Gasteiger partial charge in [0, 0.05) is 17.7 Å². The molecule has 0 radical (unpaired) electrons. The Kier molecular flexibility index (Phi) is 5.06. The lowest BCUT2D eigenvalue weighted by Crippen LogP contribution is -2.24. The molecule has 7 heteroatoms. The van der Waals surface area contributed by atoms with E-state index >= 15 is 0 Å². The van der Waals surface area contributed by atoms with Crippen molar-refractivity contribution in [1.29, 1.82) is 0 Å². The highest BCUT2D eigenvalue weighted by Gasteiger charge is 2.09. The Bertz CT molecular complexity index is 835. The molecule has 0 bridgehead atoms. The lowest BCUT2D eigenvalue weighted by molar-refractivity contribution is -0.384. The molecule has 0 spiro atoms. The lowest BCUT2D eigenvalue weighted by atomic mass is 9.98. The average molecular weight is 324 g/mol. The van der Waals surface area contributed by atoms with E-state index in [1.54, 1.807) is 25.1 Å². The first-order valence-electron chi connectivity index (χ1n) is 7.04. The molecule has 0 aliphatic carbocycles. The number of rotatable bonds is 4. The minimum Gasteiger partial charge on any atom is -0.370 e. The van der Waals surface area contributed by atoms with Crippen molar-refractivity contribution < 1.29 is 9.72 Å². The van der Waals surface area contributed by atoms with Gasteiger partial charge in [0.15, 0.2) is 5.96 Å². The van der Waals surface area contributed by atoms with E-state index in [-0.39, 0.29) is 11.6 Å². The third kappa shape index (κ3) is 4.04. The van der Waals surface area contributed by atoms with Gasteiger partial charge in [0.1, 0.15) is 0 Å². The Balaban J connectivity index is 2.42. The van der Waals surface area contributed by atoms with Crippen LogP contribution in [0.25, 0.3) is 17.2 Å². The van der Waals surface area contributed by atoms with E-state index < -0.39 is 10.8 Å². The minimum absolute atomic E-state index is 0.0193. The molecule has 0 saturated heterocycles. The number of nitro groups is 1. The molecule has 2 aromatic rings. The van der Waals surface area contributed by atoms with Gasteiger partial charge in [-0.2, -0.15) is 4.99 Å². The topological polar surface area (TPSA) is 125 Å². The number of nitrogens with zero attached hydrogens (tertiary/aromatic N) is 2. The van der Waals surface area contributed by atoms with Crippen LogP contribution in [-0.4, -0.2) is 16.8 Å². The van der Waals surface area contributed by atoms with E-state index in [4.69, 9.17) is 11.5 Å². The van der Waals surface area contributed by atoms with Crippen LogP contribution in [0.4, 0.5) is 5.69 Å². The molecule has 4 N–H and O–H groups in total. The largest absolute Gasteiger partial charge is 0.370 e. The fourth-order valence-electron chi connectivity index (χ4n) is 2.15. The van der Waals surface area contributed by atoms with Gasteiger partial charge in [-0.25, -0.2) is 0 Å². The van der Waals surface area contributed by atoms with Crippen molar-refractivity contribution >= 4 is 23.6 Å². The maximum atomic E-state index is 11.8. The molecular weight excluding hydrogens is 308 g/mol. The normalized spacial score (nSPS) is 11.0. The third-order valence-electron chi connectivity index (χ3n) is 3.29. The number of hydrogen-bond acceptors (Lipinski definition) is 3. The molecule has 0 aliphatic heterocycles. The second-order valence-corrected chi connectivity index (χ2v) is 5.06. The van der Waals surface area contributed by atoms with Crippen molar-refractivity contribution in [2.24, 2.45) is 16.5 Å². The van der Waals surface area contributed by atoms with Gasteiger partial charge in [-0.15, -0.1) is 0 Å². The Labute approximate surface area is 138 Å². The number of benzene rings is 2. The van der Waals surface area contributed by atoms with Crippen LogP contribution in [0, 0.1) is 10.1 Å².